The highest BCUT2D eigenvalue weighted by Crippen LogP contribution is 2.24. The van der Waals surface area contributed by atoms with Crippen LogP contribution in [0.2, 0.25) is 0 Å². The van der Waals surface area contributed by atoms with Crippen molar-refractivity contribution in [3.63, 3.8) is 0 Å². The second-order valence-electron chi connectivity index (χ2n) is 4.21. The molecule has 2 nitrogen and oxygen atoms in total. The van der Waals surface area contributed by atoms with Crippen molar-refractivity contribution in [3.8, 4) is 11.5 Å². The van der Waals surface area contributed by atoms with Crippen molar-refractivity contribution in [2.45, 2.75) is 13.5 Å². The Morgan fingerprint density at radius 2 is 1.95 bits per heavy atom. The van der Waals surface area contributed by atoms with Gasteiger partial charge in [0.15, 0.2) is 0 Å². The van der Waals surface area contributed by atoms with Crippen LogP contribution in [-0.4, -0.2) is 7.11 Å². The standard InChI is InChI=1S/C15H14BrFO2/c1-10-3-4-15(18-2)11(5-10)9-19-14-7-12(16)6-13(17)8-14/h3-8H,9H2,1-2H3. The summed E-state index contributed by atoms with van der Waals surface area (Å²) in [5.41, 5.74) is 2.06. The molecule has 2 aromatic rings. The van der Waals surface area contributed by atoms with Gasteiger partial charge in [-0.15, -0.1) is 0 Å². The smallest absolute Gasteiger partial charge is 0.128 e. The van der Waals surface area contributed by atoms with Gasteiger partial charge in [-0.25, -0.2) is 4.39 Å². The van der Waals surface area contributed by atoms with Crippen molar-refractivity contribution in [1.82, 2.24) is 0 Å². The second-order valence-corrected chi connectivity index (χ2v) is 5.12. The van der Waals surface area contributed by atoms with Gasteiger partial charge < -0.3 is 9.47 Å². The SMILES string of the molecule is COc1ccc(C)cc1COc1cc(F)cc(Br)c1. The molecular formula is C15H14BrFO2. The fourth-order valence-electron chi connectivity index (χ4n) is 1.79. The van der Waals surface area contributed by atoms with Gasteiger partial charge in [-0.1, -0.05) is 27.6 Å². The molecule has 2 aromatic carbocycles. The van der Waals surface area contributed by atoms with E-state index in [0.29, 0.717) is 16.8 Å². The maximum Gasteiger partial charge on any atom is 0.128 e. The topological polar surface area (TPSA) is 18.5 Å². The lowest BCUT2D eigenvalue weighted by atomic mass is 10.1. The van der Waals surface area contributed by atoms with E-state index in [-0.39, 0.29) is 5.82 Å². The van der Waals surface area contributed by atoms with Crippen LogP contribution in [0, 0.1) is 12.7 Å². The highest BCUT2D eigenvalue weighted by Gasteiger charge is 2.05. The number of ether oxygens (including phenoxy) is 2. The molecule has 0 aliphatic rings. The first-order chi connectivity index (χ1) is 9.08. The van der Waals surface area contributed by atoms with Crippen LogP contribution in [0.15, 0.2) is 40.9 Å². The fourth-order valence-corrected chi connectivity index (χ4v) is 2.24. The van der Waals surface area contributed by atoms with Crippen LogP contribution in [-0.2, 0) is 6.61 Å². The van der Waals surface area contributed by atoms with Crippen LogP contribution in [0.5, 0.6) is 11.5 Å². The molecule has 4 heteroatoms. The summed E-state index contributed by atoms with van der Waals surface area (Å²) in [6.07, 6.45) is 0. The van der Waals surface area contributed by atoms with Crippen LogP contribution >= 0.6 is 15.9 Å². The largest absolute Gasteiger partial charge is 0.496 e. The van der Waals surface area contributed by atoms with E-state index in [1.165, 1.54) is 12.1 Å². The molecule has 0 aromatic heterocycles. The second kappa shape index (κ2) is 6.06. The molecule has 0 saturated carbocycles. The molecule has 2 rings (SSSR count). The lowest BCUT2D eigenvalue weighted by Gasteiger charge is -2.11. The van der Waals surface area contributed by atoms with Gasteiger partial charge in [0.1, 0.15) is 23.9 Å². The van der Waals surface area contributed by atoms with E-state index >= 15 is 0 Å². The van der Waals surface area contributed by atoms with Crippen LogP contribution in [0.4, 0.5) is 4.39 Å². The zero-order valence-electron chi connectivity index (χ0n) is 10.7. The molecule has 0 atom stereocenters. The van der Waals surface area contributed by atoms with Crippen molar-refractivity contribution in [1.29, 1.82) is 0 Å². The molecule has 0 fully saturated rings. The number of hydrogen-bond acceptors (Lipinski definition) is 2. The highest BCUT2D eigenvalue weighted by molar-refractivity contribution is 9.10. The average molecular weight is 325 g/mol. The first-order valence-electron chi connectivity index (χ1n) is 5.81. The van der Waals surface area contributed by atoms with E-state index < -0.39 is 0 Å². The summed E-state index contributed by atoms with van der Waals surface area (Å²) in [7, 11) is 1.62. The van der Waals surface area contributed by atoms with Gasteiger partial charge in [0.25, 0.3) is 0 Å². The third-order valence-electron chi connectivity index (χ3n) is 2.67. The summed E-state index contributed by atoms with van der Waals surface area (Å²) in [6, 6.07) is 10.3. The number of methoxy groups -OCH3 is 1. The monoisotopic (exact) mass is 324 g/mol. The van der Waals surface area contributed by atoms with Gasteiger partial charge in [-0.2, -0.15) is 0 Å². The molecule has 0 unspecified atom stereocenters. The first kappa shape index (κ1) is 13.9. The number of benzene rings is 2. The Morgan fingerprint density at radius 3 is 2.63 bits per heavy atom. The Kier molecular flexibility index (Phi) is 4.43. The molecule has 0 aliphatic heterocycles. The first-order valence-corrected chi connectivity index (χ1v) is 6.60. The Balaban J connectivity index is 2.16. The Hall–Kier alpha value is -1.55. The zero-order valence-corrected chi connectivity index (χ0v) is 12.3. The third kappa shape index (κ3) is 3.70. The predicted octanol–water partition coefficient (Wildman–Crippen LogP) is 4.48. The van der Waals surface area contributed by atoms with Gasteiger partial charge in [0.2, 0.25) is 0 Å². The van der Waals surface area contributed by atoms with E-state index in [4.69, 9.17) is 9.47 Å². The number of rotatable bonds is 4. The summed E-state index contributed by atoms with van der Waals surface area (Å²) in [4.78, 5) is 0. The molecule has 19 heavy (non-hydrogen) atoms. The number of aryl methyl sites for hydroxylation is 1. The van der Waals surface area contributed by atoms with E-state index in [0.717, 1.165) is 16.9 Å². The highest BCUT2D eigenvalue weighted by atomic mass is 79.9. The Bertz CT molecular complexity index is 564. The van der Waals surface area contributed by atoms with Crippen LogP contribution < -0.4 is 9.47 Å². The van der Waals surface area contributed by atoms with Gasteiger partial charge in [0, 0.05) is 16.1 Å². The summed E-state index contributed by atoms with van der Waals surface area (Å²) in [5, 5.41) is 0. The molecule has 0 saturated heterocycles. The lowest BCUT2D eigenvalue weighted by molar-refractivity contribution is 0.295. The summed E-state index contributed by atoms with van der Waals surface area (Å²) in [5.74, 6) is 0.914. The molecule has 0 heterocycles. The molecule has 0 amide bonds. The normalized spacial score (nSPS) is 10.3. The minimum Gasteiger partial charge on any atom is -0.496 e. The van der Waals surface area contributed by atoms with E-state index in [2.05, 4.69) is 15.9 Å². The van der Waals surface area contributed by atoms with Gasteiger partial charge in [-0.3, -0.25) is 0 Å². The fraction of sp³-hybridized carbons (Fsp3) is 0.200. The van der Waals surface area contributed by atoms with E-state index in [9.17, 15) is 4.39 Å². The molecular weight excluding hydrogens is 311 g/mol. The molecule has 0 radical (unpaired) electrons. The number of hydrogen-bond donors (Lipinski definition) is 0. The van der Waals surface area contributed by atoms with Crippen molar-refractivity contribution >= 4 is 15.9 Å². The maximum atomic E-state index is 13.2. The van der Waals surface area contributed by atoms with Gasteiger partial charge in [0.05, 0.1) is 7.11 Å². The van der Waals surface area contributed by atoms with Gasteiger partial charge >= 0.3 is 0 Å². The molecule has 0 N–H and O–H groups in total. The average Bonchev–Trinajstić information content (AvgIpc) is 2.35. The summed E-state index contributed by atoms with van der Waals surface area (Å²) < 4.78 is 24.8. The molecule has 0 aliphatic carbocycles. The van der Waals surface area contributed by atoms with Crippen molar-refractivity contribution in [3.05, 3.63) is 57.8 Å². The van der Waals surface area contributed by atoms with Crippen LogP contribution in [0.3, 0.4) is 0 Å². The Labute approximate surface area is 120 Å². The van der Waals surface area contributed by atoms with Crippen LogP contribution in [0.25, 0.3) is 0 Å². The van der Waals surface area contributed by atoms with Gasteiger partial charge in [-0.05, 0) is 31.2 Å². The molecule has 0 bridgehead atoms. The summed E-state index contributed by atoms with van der Waals surface area (Å²) >= 11 is 3.23. The number of halogens is 2. The van der Waals surface area contributed by atoms with Crippen LogP contribution in [0.1, 0.15) is 11.1 Å². The predicted molar refractivity (Wildman–Crippen MR) is 76.2 cm³/mol. The van der Waals surface area contributed by atoms with Crippen molar-refractivity contribution in [2.75, 3.05) is 7.11 Å². The lowest BCUT2D eigenvalue weighted by Crippen LogP contribution is -1.99. The minimum atomic E-state index is -0.333. The summed E-state index contributed by atoms with van der Waals surface area (Å²) in [6.45, 7) is 2.34. The van der Waals surface area contributed by atoms with E-state index in [1.54, 1.807) is 13.2 Å². The molecule has 0 spiro atoms. The Morgan fingerprint density at radius 1 is 1.16 bits per heavy atom. The van der Waals surface area contributed by atoms with E-state index in [1.807, 2.05) is 25.1 Å². The quantitative estimate of drug-likeness (QED) is 0.825. The third-order valence-corrected chi connectivity index (χ3v) is 3.12. The van der Waals surface area contributed by atoms with Crippen molar-refractivity contribution < 1.29 is 13.9 Å². The minimum absolute atomic E-state index is 0.333. The van der Waals surface area contributed by atoms with Crippen molar-refractivity contribution in [2.24, 2.45) is 0 Å². The molecule has 100 valence electrons. The maximum absolute atomic E-state index is 13.2. The zero-order chi connectivity index (χ0) is 13.8.